The number of piperazine rings is 1. The van der Waals surface area contributed by atoms with Gasteiger partial charge in [-0.1, -0.05) is 13.0 Å². The number of carbonyl (C=O) groups excluding carboxylic acids is 2. The predicted molar refractivity (Wildman–Crippen MR) is 99.3 cm³/mol. The molecule has 1 N–H and O–H groups in total. The Morgan fingerprint density at radius 3 is 2.40 bits per heavy atom. The van der Waals surface area contributed by atoms with E-state index >= 15 is 0 Å². The first-order chi connectivity index (χ1) is 11.7. The molecule has 0 aromatic carbocycles. The maximum Gasteiger partial charge on any atom is 0.222 e. The largest absolute Gasteiger partial charge is 0.353 e. The Hall–Kier alpha value is -2.11. The van der Waals surface area contributed by atoms with Crippen molar-refractivity contribution in [1.29, 1.82) is 0 Å². The molecule has 0 aliphatic carbocycles. The average molecular weight is 346 g/mol. The monoisotopic (exact) mass is 346 g/mol. The number of hydrogen-bond acceptors (Lipinski definition) is 4. The van der Waals surface area contributed by atoms with Crippen molar-refractivity contribution in [1.82, 2.24) is 15.2 Å². The zero-order valence-electron chi connectivity index (χ0n) is 15.8. The van der Waals surface area contributed by atoms with E-state index in [9.17, 15) is 9.59 Å². The lowest BCUT2D eigenvalue weighted by Crippen LogP contribution is -2.49. The molecule has 25 heavy (non-hydrogen) atoms. The third kappa shape index (κ3) is 6.36. The van der Waals surface area contributed by atoms with E-state index < -0.39 is 0 Å². The number of rotatable bonds is 5. The van der Waals surface area contributed by atoms with Gasteiger partial charge in [-0.3, -0.25) is 9.59 Å². The molecule has 1 aromatic heterocycles. The van der Waals surface area contributed by atoms with Crippen LogP contribution in [0.1, 0.15) is 40.5 Å². The van der Waals surface area contributed by atoms with Crippen LogP contribution in [0.5, 0.6) is 0 Å². The fourth-order valence-electron chi connectivity index (χ4n) is 3.01. The molecule has 138 valence electrons. The van der Waals surface area contributed by atoms with E-state index in [-0.39, 0.29) is 23.3 Å². The molecule has 1 unspecified atom stereocenters. The average Bonchev–Trinajstić information content (AvgIpc) is 2.53. The quantitative estimate of drug-likeness (QED) is 0.886. The molecule has 1 aliphatic rings. The minimum atomic E-state index is -0.234. The van der Waals surface area contributed by atoms with Crippen molar-refractivity contribution >= 4 is 17.6 Å². The summed E-state index contributed by atoms with van der Waals surface area (Å²) in [5, 5.41) is 2.95. The topological polar surface area (TPSA) is 65.5 Å². The Morgan fingerprint density at radius 2 is 1.84 bits per heavy atom. The van der Waals surface area contributed by atoms with Crippen LogP contribution >= 0.6 is 0 Å². The van der Waals surface area contributed by atoms with Gasteiger partial charge in [-0.25, -0.2) is 4.98 Å². The van der Waals surface area contributed by atoms with Gasteiger partial charge in [-0.2, -0.15) is 0 Å². The summed E-state index contributed by atoms with van der Waals surface area (Å²) in [5.74, 6) is 1.15. The highest BCUT2D eigenvalue weighted by molar-refractivity contribution is 5.80. The van der Waals surface area contributed by atoms with Gasteiger partial charge in [-0.15, -0.1) is 0 Å². The molecule has 0 spiro atoms. The van der Waals surface area contributed by atoms with Crippen LogP contribution in [0.3, 0.4) is 0 Å². The number of amides is 2. The van der Waals surface area contributed by atoms with E-state index in [0.29, 0.717) is 25.9 Å². The third-order valence-electron chi connectivity index (χ3n) is 4.18. The molecule has 2 heterocycles. The van der Waals surface area contributed by atoms with Crippen molar-refractivity contribution in [2.75, 3.05) is 31.1 Å². The fourth-order valence-corrected chi connectivity index (χ4v) is 3.01. The van der Waals surface area contributed by atoms with Gasteiger partial charge in [0.2, 0.25) is 11.8 Å². The lowest BCUT2D eigenvalue weighted by atomic mass is 10.0. The number of hydrogen-bond donors (Lipinski definition) is 1. The lowest BCUT2D eigenvalue weighted by Gasteiger charge is -2.35. The van der Waals surface area contributed by atoms with Crippen LogP contribution in [0.15, 0.2) is 24.4 Å². The second-order valence-corrected chi connectivity index (χ2v) is 7.87. The van der Waals surface area contributed by atoms with Gasteiger partial charge < -0.3 is 15.1 Å². The van der Waals surface area contributed by atoms with Gasteiger partial charge in [-0.05, 0) is 38.8 Å². The summed E-state index contributed by atoms with van der Waals surface area (Å²) in [6.45, 7) is 10.8. The van der Waals surface area contributed by atoms with Gasteiger partial charge in [0.15, 0.2) is 0 Å². The Bertz CT molecular complexity index is 575. The van der Waals surface area contributed by atoms with Gasteiger partial charge in [0.05, 0.1) is 0 Å². The van der Waals surface area contributed by atoms with Gasteiger partial charge in [0.25, 0.3) is 0 Å². The number of nitrogens with zero attached hydrogens (tertiary/aromatic N) is 3. The summed E-state index contributed by atoms with van der Waals surface area (Å²) in [6.07, 6.45) is 2.59. The zero-order valence-corrected chi connectivity index (χ0v) is 15.8. The minimum Gasteiger partial charge on any atom is -0.353 e. The second-order valence-electron chi connectivity index (χ2n) is 7.87. The number of nitrogens with one attached hydrogen (secondary N) is 1. The zero-order chi connectivity index (χ0) is 18.4. The van der Waals surface area contributed by atoms with Crippen molar-refractivity contribution < 1.29 is 9.59 Å². The second kappa shape index (κ2) is 8.32. The predicted octanol–water partition coefficient (Wildman–Crippen LogP) is 2.06. The highest BCUT2D eigenvalue weighted by Crippen LogP contribution is 2.16. The van der Waals surface area contributed by atoms with E-state index in [1.165, 1.54) is 0 Å². The van der Waals surface area contributed by atoms with Crippen LogP contribution < -0.4 is 10.2 Å². The Labute approximate surface area is 150 Å². The van der Waals surface area contributed by atoms with Crippen LogP contribution in [-0.4, -0.2) is 53.4 Å². The molecule has 0 saturated carbocycles. The molecular weight excluding hydrogens is 316 g/mol. The molecule has 1 atom stereocenters. The molecular formula is C19H30N4O2. The highest BCUT2D eigenvalue weighted by Gasteiger charge is 2.24. The van der Waals surface area contributed by atoms with E-state index in [1.54, 1.807) is 6.20 Å². The van der Waals surface area contributed by atoms with Crippen molar-refractivity contribution in [3.05, 3.63) is 24.4 Å². The Kier molecular flexibility index (Phi) is 6.39. The molecule has 6 nitrogen and oxygen atoms in total. The first kappa shape index (κ1) is 19.2. The van der Waals surface area contributed by atoms with Crippen LogP contribution in [0.2, 0.25) is 0 Å². The van der Waals surface area contributed by atoms with Crippen molar-refractivity contribution in [2.24, 2.45) is 5.92 Å². The summed E-state index contributed by atoms with van der Waals surface area (Å²) >= 11 is 0. The summed E-state index contributed by atoms with van der Waals surface area (Å²) in [7, 11) is 0. The molecule has 1 aromatic rings. The summed E-state index contributed by atoms with van der Waals surface area (Å²) < 4.78 is 0. The van der Waals surface area contributed by atoms with Crippen LogP contribution in [0.25, 0.3) is 0 Å². The molecule has 1 saturated heterocycles. The molecule has 1 fully saturated rings. The number of carbonyl (C=O) groups is 2. The van der Waals surface area contributed by atoms with E-state index in [1.807, 2.05) is 50.8 Å². The van der Waals surface area contributed by atoms with E-state index in [4.69, 9.17) is 0 Å². The summed E-state index contributed by atoms with van der Waals surface area (Å²) in [5.41, 5.74) is -0.234. The van der Waals surface area contributed by atoms with Crippen molar-refractivity contribution in [3.63, 3.8) is 0 Å². The summed E-state index contributed by atoms with van der Waals surface area (Å²) in [4.78, 5) is 32.9. The van der Waals surface area contributed by atoms with Crippen LogP contribution in [0, 0.1) is 5.92 Å². The first-order valence-corrected chi connectivity index (χ1v) is 8.99. The van der Waals surface area contributed by atoms with Gasteiger partial charge in [0, 0.05) is 50.8 Å². The van der Waals surface area contributed by atoms with Gasteiger partial charge in [0.1, 0.15) is 5.82 Å². The Morgan fingerprint density at radius 1 is 1.16 bits per heavy atom. The Balaban J connectivity index is 1.76. The number of pyridine rings is 1. The SMILES string of the molecule is CC(CC(=O)NC(C)(C)C)CC(=O)N1CCN(c2ccccn2)CC1. The normalized spacial score (nSPS) is 16.5. The first-order valence-electron chi connectivity index (χ1n) is 8.99. The maximum absolute atomic E-state index is 12.5. The number of anilines is 1. The standard InChI is InChI=1S/C19H30N4O2/c1-15(13-17(24)21-19(2,3)4)14-18(25)23-11-9-22(10-12-23)16-7-5-6-8-20-16/h5-8,15H,9-14H2,1-4H3,(H,21,24). The van der Waals surface area contributed by atoms with E-state index in [0.717, 1.165) is 18.9 Å². The van der Waals surface area contributed by atoms with Gasteiger partial charge >= 0.3 is 0 Å². The van der Waals surface area contributed by atoms with E-state index in [2.05, 4.69) is 15.2 Å². The molecule has 2 rings (SSSR count). The third-order valence-corrected chi connectivity index (χ3v) is 4.18. The molecule has 2 amide bonds. The molecule has 1 aliphatic heterocycles. The van der Waals surface area contributed by atoms with Crippen LogP contribution in [0.4, 0.5) is 5.82 Å². The fraction of sp³-hybridized carbons (Fsp3) is 0.632. The molecule has 0 bridgehead atoms. The smallest absolute Gasteiger partial charge is 0.222 e. The maximum atomic E-state index is 12.5. The van der Waals surface area contributed by atoms with Crippen molar-refractivity contribution in [3.8, 4) is 0 Å². The molecule has 0 radical (unpaired) electrons. The molecule has 6 heteroatoms. The highest BCUT2D eigenvalue weighted by atomic mass is 16.2. The minimum absolute atomic E-state index is 0.00720. The van der Waals surface area contributed by atoms with Crippen LogP contribution in [-0.2, 0) is 9.59 Å². The number of aromatic nitrogens is 1. The lowest BCUT2D eigenvalue weighted by molar-refractivity contribution is -0.132. The van der Waals surface area contributed by atoms with Crippen molar-refractivity contribution in [2.45, 2.75) is 46.1 Å². The summed E-state index contributed by atoms with van der Waals surface area (Å²) in [6, 6.07) is 5.87.